The van der Waals surface area contributed by atoms with E-state index in [1.54, 1.807) is 7.11 Å². The molecule has 0 aliphatic carbocycles. The third-order valence-corrected chi connectivity index (χ3v) is 3.09. The van der Waals surface area contributed by atoms with E-state index in [1.165, 1.54) is 5.56 Å². The van der Waals surface area contributed by atoms with E-state index in [0.29, 0.717) is 0 Å². The molecule has 1 aromatic rings. The first-order valence-electron chi connectivity index (χ1n) is 6.05. The summed E-state index contributed by atoms with van der Waals surface area (Å²) in [7, 11) is 1.73. The third-order valence-electron chi connectivity index (χ3n) is 3.09. The van der Waals surface area contributed by atoms with Crippen LogP contribution in [0.1, 0.15) is 26.3 Å². The van der Waals surface area contributed by atoms with Gasteiger partial charge in [-0.15, -0.1) is 0 Å². The highest BCUT2D eigenvalue weighted by Gasteiger charge is 2.20. The Labute approximate surface area is 104 Å². The molecule has 0 radical (unpaired) electrons. The molecular weight excluding hydrogens is 212 g/mol. The molecule has 0 fully saturated rings. The first kappa shape index (κ1) is 14.0. The lowest BCUT2D eigenvalue weighted by atomic mass is 9.84. The molecule has 0 spiro atoms. The highest BCUT2D eigenvalue weighted by molar-refractivity contribution is 5.41. The molecule has 1 unspecified atom stereocenters. The van der Waals surface area contributed by atoms with Crippen LogP contribution in [0.2, 0.25) is 0 Å². The maximum atomic E-state index is 5.70. The van der Waals surface area contributed by atoms with Crippen molar-refractivity contribution in [3.63, 3.8) is 0 Å². The van der Waals surface area contributed by atoms with Crippen molar-refractivity contribution in [3.8, 4) is 0 Å². The van der Waals surface area contributed by atoms with E-state index < -0.39 is 0 Å². The van der Waals surface area contributed by atoms with Gasteiger partial charge in [-0.25, -0.2) is 0 Å². The van der Waals surface area contributed by atoms with Crippen molar-refractivity contribution >= 4 is 5.69 Å². The fraction of sp³-hybridized carbons (Fsp3) is 0.571. The van der Waals surface area contributed by atoms with Crippen LogP contribution in [0.15, 0.2) is 24.3 Å². The number of ether oxygens (including phenoxy) is 1. The number of rotatable bonds is 6. The van der Waals surface area contributed by atoms with Crippen LogP contribution >= 0.6 is 0 Å². The van der Waals surface area contributed by atoms with Crippen molar-refractivity contribution in [2.24, 2.45) is 0 Å². The number of benzene rings is 1. The lowest BCUT2D eigenvalue weighted by Gasteiger charge is -2.26. The Balaban J connectivity index is 2.53. The molecule has 0 aliphatic rings. The summed E-state index contributed by atoms with van der Waals surface area (Å²) in [4.78, 5) is 0. The van der Waals surface area contributed by atoms with E-state index in [9.17, 15) is 0 Å². The number of hydrogen-bond donors (Lipinski definition) is 2. The van der Waals surface area contributed by atoms with E-state index in [1.807, 2.05) is 12.1 Å². The number of nitrogen functional groups attached to an aromatic ring is 1. The van der Waals surface area contributed by atoms with Crippen LogP contribution in [-0.2, 0) is 10.2 Å². The standard InChI is InChI=1S/C14H24N2O/c1-11(17-4)9-16-10-14(2,3)12-5-7-13(15)8-6-12/h5-8,11,16H,9-10,15H2,1-4H3. The molecule has 3 N–H and O–H groups in total. The lowest BCUT2D eigenvalue weighted by Crippen LogP contribution is -2.36. The molecule has 0 bridgehead atoms. The Morgan fingerprint density at radius 3 is 2.41 bits per heavy atom. The number of nitrogens with two attached hydrogens (primary N) is 1. The molecule has 96 valence electrons. The van der Waals surface area contributed by atoms with Crippen molar-refractivity contribution in [1.29, 1.82) is 0 Å². The van der Waals surface area contributed by atoms with Gasteiger partial charge in [-0.3, -0.25) is 0 Å². The van der Waals surface area contributed by atoms with Crippen molar-refractivity contribution in [1.82, 2.24) is 5.32 Å². The molecule has 17 heavy (non-hydrogen) atoms. The minimum Gasteiger partial charge on any atom is -0.399 e. The summed E-state index contributed by atoms with van der Waals surface area (Å²) in [6.07, 6.45) is 0.247. The Morgan fingerprint density at radius 2 is 1.88 bits per heavy atom. The van der Waals surface area contributed by atoms with Gasteiger partial charge in [0, 0.05) is 31.3 Å². The second-order valence-electron chi connectivity index (χ2n) is 5.18. The zero-order valence-electron chi connectivity index (χ0n) is 11.3. The van der Waals surface area contributed by atoms with Crippen LogP contribution in [0.25, 0.3) is 0 Å². The van der Waals surface area contributed by atoms with E-state index in [4.69, 9.17) is 10.5 Å². The molecule has 0 heterocycles. The molecule has 0 aliphatic heterocycles. The normalized spacial score (nSPS) is 13.6. The van der Waals surface area contributed by atoms with Crippen LogP contribution in [0.3, 0.4) is 0 Å². The highest BCUT2D eigenvalue weighted by atomic mass is 16.5. The van der Waals surface area contributed by atoms with E-state index in [2.05, 4.69) is 38.2 Å². The molecule has 1 rings (SSSR count). The van der Waals surface area contributed by atoms with Gasteiger partial charge in [0.15, 0.2) is 0 Å². The molecule has 0 amide bonds. The van der Waals surface area contributed by atoms with Gasteiger partial charge >= 0.3 is 0 Å². The van der Waals surface area contributed by atoms with Gasteiger partial charge < -0.3 is 15.8 Å². The average Bonchev–Trinajstić information content (AvgIpc) is 2.29. The summed E-state index contributed by atoms with van der Waals surface area (Å²) >= 11 is 0. The molecule has 1 aromatic carbocycles. The monoisotopic (exact) mass is 236 g/mol. The van der Waals surface area contributed by atoms with Crippen molar-refractivity contribution in [3.05, 3.63) is 29.8 Å². The average molecular weight is 236 g/mol. The molecule has 3 heteroatoms. The van der Waals surface area contributed by atoms with Gasteiger partial charge in [0.05, 0.1) is 6.10 Å². The predicted molar refractivity (Wildman–Crippen MR) is 73.2 cm³/mol. The van der Waals surface area contributed by atoms with Gasteiger partial charge in [0.2, 0.25) is 0 Å². The number of anilines is 1. The number of hydrogen-bond acceptors (Lipinski definition) is 3. The predicted octanol–water partition coefficient (Wildman–Crippen LogP) is 2.17. The fourth-order valence-corrected chi connectivity index (χ4v) is 1.71. The number of methoxy groups -OCH3 is 1. The van der Waals surface area contributed by atoms with Crippen molar-refractivity contribution in [2.75, 3.05) is 25.9 Å². The Morgan fingerprint density at radius 1 is 1.29 bits per heavy atom. The van der Waals surface area contributed by atoms with Crippen LogP contribution < -0.4 is 11.1 Å². The van der Waals surface area contributed by atoms with Crippen molar-refractivity contribution < 1.29 is 4.74 Å². The summed E-state index contributed by atoms with van der Waals surface area (Å²) in [5, 5.41) is 3.43. The Kier molecular flexibility index (Phi) is 4.97. The van der Waals surface area contributed by atoms with E-state index in [0.717, 1.165) is 18.8 Å². The maximum Gasteiger partial charge on any atom is 0.0667 e. The molecule has 1 atom stereocenters. The Hall–Kier alpha value is -1.06. The maximum absolute atomic E-state index is 5.70. The van der Waals surface area contributed by atoms with Crippen molar-refractivity contribution in [2.45, 2.75) is 32.3 Å². The van der Waals surface area contributed by atoms with Gasteiger partial charge in [-0.05, 0) is 24.6 Å². The van der Waals surface area contributed by atoms with Gasteiger partial charge in [-0.2, -0.15) is 0 Å². The second kappa shape index (κ2) is 6.03. The Bertz CT molecular complexity index is 333. The summed E-state index contributed by atoms with van der Waals surface area (Å²) in [5.74, 6) is 0. The summed E-state index contributed by atoms with van der Waals surface area (Å²) in [5.41, 5.74) is 7.90. The molecular formula is C14H24N2O. The van der Waals surface area contributed by atoms with Crippen LogP contribution in [0, 0.1) is 0 Å². The fourth-order valence-electron chi connectivity index (χ4n) is 1.71. The molecule has 3 nitrogen and oxygen atoms in total. The van der Waals surface area contributed by atoms with Crippen LogP contribution in [-0.4, -0.2) is 26.3 Å². The minimum atomic E-state index is 0.0984. The zero-order chi connectivity index (χ0) is 12.9. The molecule has 0 saturated heterocycles. The SMILES string of the molecule is COC(C)CNCC(C)(C)c1ccc(N)cc1. The third kappa shape index (κ3) is 4.36. The topological polar surface area (TPSA) is 47.3 Å². The van der Waals surface area contributed by atoms with Gasteiger partial charge in [0.1, 0.15) is 0 Å². The smallest absolute Gasteiger partial charge is 0.0667 e. The molecule has 0 saturated carbocycles. The molecule has 0 aromatic heterocycles. The summed E-state index contributed by atoms with van der Waals surface area (Å²) < 4.78 is 5.21. The lowest BCUT2D eigenvalue weighted by molar-refractivity contribution is 0.116. The first-order valence-corrected chi connectivity index (χ1v) is 6.05. The van der Waals surface area contributed by atoms with Crippen LogP contribution in [0.5, 0.6) is 0 Å². The first-order chi connectivity index (χ1) is 7.95. The van der Waals surface area contributed by atoms with Gasteiger partial charge in [-0.1, -0.05) is 26.0 Å². The van der Waals surface area contributed by atoms with Gasteiger partial charge in [0.25, 0.3) is 0 Å². The highest BCUT2D eigenvalue weighted by Crippen LogP contribution is 2.23. The summed E-state index contributed by atoms with van der Waals surface area (Å²) in [6, 6.07) is 8.09. The summed E-state index contributed by atoms with van der Waals surface area (Å²) in [6.45, 7) is 8.30. The van der Waals surface area contributed by atoms with Crippen LogP contribution in [0.4, 0.5) is 5.69 Å². The van der Waals surface area contributed by atoms with E-state index >= 15 is 0 Å². The minimum absolute atomic E-state index is 0.0984. The van der Waals surface area contributed by atoms with E-state index in [-0.39, 0.29) is 11.5 Å². The number of nitrogens with one attached hydrogen (secondary N) is 1. The second-order valence-corrected chi connectivity index (χ2v) is 5.18. The quantitative estimate of drug-likeness (QED) is 0.744. The zero-order valence-corrected chi connectivity index (χ0v) is 11.3. The largest absolute Gasteiger partial charge is 0.399 e.